The minimum Gasteiger partial charge on any atom is -0.507 e. The van der Waals surface area contributed by atoms with E-state index in [1.807, 2.05) is 0 Å². The zero-order chi connectivity index (χ0) is 13.6. The lowest BCUT2D eigenvalue weighted by molar-refractivity contribution is -0.114. The van der Waals surface area contributed by atoms with Gasteiger partial charge in [0, 0.05) is 0 Å². The summed E-state index contributed by atoms with van der Waals surface area (Å²) in [5, 5.41) is 38.4. The molecule has 1 aliphatic rings. The van der Waals surface area contributed by atoms with E-state index in [2.05, 4.69) is 0 Å². The molecule has 1 aromatic carbocycles. The summed E-state index contributed by atoms with van der Waals surface area (Å²) in [5.41, 5.74) is -0.638. The minimum atomic E-state index is -1.32. The molecule has 0 aliphatic heterocycles. The summed E-state index contributed by atoms with van der Waals surface area (Å²) in [6.07, 6.45) is 0.324. The number of phenolic OH excluding ortho intramolecular Hbond substituents is 2. The maximum absolute atomic E-state index is 11.7. The Balaban J connectivity index is 2.91. The number of hydrogen-bond donors (Lipinski definition) is 4. The van der Waals surface area contributed by atoms with E-state index in [1.165, 1.54) is 6.07 Å². The molecule has 0 bridgehead atoms. The average molecular weight is 250 g/mol. The Bertz CT molecular complexity index is 611. The van der Waals surface area contributed by atoms with Gasteiger partial charge in [-0.2, -0.15) is 0 Å². The number of fused-ring (bicyclic) bond motifs is 1. The SMILES string of the molecule is CCc1cc(O)c2c(c1O)C(=O)C(=O)C(O)=C2O. The van der Waals surface area contributed by atoms with Crippen molar-refractivity contribution >= 4 is 17.3 Å². The molecule has 4 N–H and O–H groups in total. The van der Waals surface area contributed by atoms with Crippen LogP contribution in [0.5, 0.6) is 11.5 Å². The van der Waals surface area contributed by atoms with Crippen molar-refractivity contribution in [2.24, 2.45) is 0 Å². The molecule has 0 saturated carbocycles. The zero-order valence-corrected chi connectivity index (χ0v) is 9.39. The molecule has 6 heteroatoms. The molecule has 0 atom stereocenters. The number of hydrogen-bond acceptors (Lipinski definition) is 6. The van der Waals surface area contributed by atoms with Crippen molar-refractivity contribution in [1.29, 1.82) is 0 Å². The number of aryl methyl sites for hydroxylation is 1. The highest BCUT2D eigenvalue weighted by Gasteiger charge is 2.37. The van der Waals surface area contributed by atoms with Gasteiger partial charge in [-0.1, -0.05) is 6.92 Å². The molecule has 1 aromatic rings. The molecule has 0 spiro atoms. The lowest BCUT2D eigenvalue weighted by Crippen LogP contribution is -2.24. The molecular formula is C12H10O6. The second kappa shape index (κ2) is 3.76. The molecule has 94 valence electrons. The molecule has 0 unspecified atom stereocenters. The van der Waals surface area contributed by atoms with Crippen LogP contribution < -0.4 is 0 Å². The third kappa shape index (κ3) is 1.35. The van der Waals surface area contributed by atoms with Crippen LogP contribution in [0, 0.1) is 0 Å². The van der Waals surface area contributed by atoms with Crippen molar-refractivity contribution in [1.82, 2.24) is 0 Å². The van der Waals surface area contributed by atoms with E-state index < -0.39 is 45.7 Å². The number of carbonyl (C=O) groups is 2. The van der Waals surface area contributed by atoms with Crippen molar-refractivity contribution in [3.63, 3.8) is 0 Å². The van der Waals surface area contributed by atoms with E-state index >= 15 is 0 Å². The first-order chi connectivity index (χ1) is 8.40. The molecule has 0 aromatic heterocycles. The minimum absolute atomic E-state index is 0.265. The highest BCUT2D eigenvalue weighted by Crippen LogP contribution is 2.40. The second-order valence-corrected chi connectivity index (χ2v) is 3.86. The molecule has 1 aliphatic carbocycles. The summed E-state index contributed by atoms with van der Waals surface area (Å²) >= 11 is 0. The van der Waals surface area contributed by atoms with Gasteiger partial charge in [-0.15, -0.1) is 0 Å². The Morgan fingerprint density at radius 1 is 0.944 bits per heavy atom. The summed E-state index contributed by atoms with van der Waals surface area (Å²) in [6, 6.07) is 1.17. The monoisotopic (exact) mass is 250 g/mol. The number of allylic oxidation sites excluding steroid dienone is 1. The normalized spacial score (nSPS) is 14.9. The fourth-order valence-electron chi connectivity index (χ4n) is 1.89. The Hall–Kier alpha value is -2.50. The lowest BCUT2D eigenvalue weighted by Gasteiger charge is -2.18. The lowest BCUT2D eigenvalue weighted by atomic mass is 9.88. The van der Waals surface area contributed by atoms with Crippen molar-refractivity contribution in [2.45, 2.75) is 13.3 Å². The van der Waals surface area contributed by atoms with E-state index in [0.717, 1.165) is 0 Å². The van der Waals surface area contributed by atoms with Gasteiger partial charge in [-0.3, -0.25) is 9.59 Å². The molecule has 0 heterocycles. The Morgan fingerprint density at radius 3 is 2.11 bits per heavy atom. The fourth-order valence-corrected chi connectivity index (χ4v) is 1.89. The van der Waals surface area contributed by atoms with Crippen LogP contribution in [0.15, 0.2) is 11.8 Å². The number of rotatable bonds is 1. The van der Waals surface area contributed by atoms with Crippen LogP contribution in [0.3, 0.4) is 0 Å². The standard InChI is InChI=1S/C12H10O6/c1-2-4-3-5(13)6-7(8(4)14)10(16)12(18)11(17)9(6)15/h3,13-15,17H,2H2,1H3. The summed E-state index contributed by atoms with van der Waals surface area (Å²) in [4.78, 5) is 23.0. The summed E-state index contributed by atoms with van der Waals surface area (Å²) < 4.78 is 0. The predicted octanol–water partition coefficient (Wildman–Crippen LogP) is 1.21. The van der Waals surface area contributed by atoms with E-state index in [9.17, 15) is 30.0 Å². The van der Waals surface area contributed by atoms with Crippen LogP contribution in [0.25, 0.3) is 5.76 Å². The maximum atomic E-state index is 11.7. The molecule has 18 heavy (non-hydrogen) atoms. The van der Waals surface area contributed by atoms with Gasteiger partial charge in [0.15, 0.2) is 5.76 Å². The molecular weight excluding hydrogens is 240 g/mol. The van der Waals surface area contributed by atoms with Crippen molar-refractivity contribution < 1.29 is 30.0 Å². The van der Waals surface area contributed by atoms with Crippen molar-refractivity contribution in [3.05, 3.63) is 28.5 Å². The van der Waals surface area contributed by atoms with Crippen LogP contribution in [-0.4, -0.2) is 32.0 Å². The summed E-state index contributed by atoms with van der Waals surface area (Å²) in [7, 11) is 0. The van der Waals surface area contributed by atoms with E-state index in [1.54, 1.807) is 6.92 Å². The van der Waals surface area contributed by atoms with Gasteiger partial charge in [-0.05, 0) is 18.1 Å². The van der Waals surface area contributed by atoms with Crippen LogP contribution >= 0.6 is 0 Å². The molecule has 0 amide bonds. The van der Waals surface area contributed by atoms with Gasteiger partial charge < -0.3 is 20.4 Å². The first-order valence-corrected chi connectivity index (χ1v) is 5.19. The first-order valence-electron chi connectivity index (χ1n) is 5.19. The van der Waals surface area contributed by atoms with Crippen LogP contribution in [0.2, 0.25) is 0 Å². The van der Waals surface area contributed by atoms with Crippen LogP contribution in [-0.2, 0) is 11.2 Å². The molecule has 0 saturated heterocycles. The molecule has 0 fully saturated rings. The smallest absolute Gasteiger partial charge is 0.271 e. The number of Topliss-reactive ketones (excluding diaryl/α,β-unsaturated/α-hetero) is 2. The van der Waals surface area contributed by atoms with Gasteiger partial charge in [0.2, 0.25) is 11.5 Å². The molecule has 2 rings (SSSR count). The number of aromatic hydroxyl groups is 2. The number of aliphatic hydroxyl groups is 2. The number of benzene rings is 1. The number of aliphatic hydroxyl groups excluding tert-OH is 2. The van der Waals surface area contributed by atoms with E-state index in [0.29, 0.717) is 6.42 Å². The third-order valence-corrected chi connectivity index (χ3v) is 2.85. The Labute approximate surface area is 101 Å². The highest BCUT2D eigenvalue weighted by molar-refractivity contribution is 6.52. The van der Waals surface area contributed by atoms with Gasteiger partial charge in [0.1, 0.15) is 11.5 Å². The van der Waals surface area contributed by atoms with Gasteiger partial charge in [-0.25, -0.2) is 0 Å². The second-order valence-electron chi connectivity index (χ2n) is 3.86. The largest absolute Gasteiger partial charge is 0.507 e. The fraction of sp³-hybridized carbons (Fsp3) is 0.167. The Morgan fingerprint density at radius 2 is 1.56 bits per heavy atom. The zero-order valence-electron chi connectivity index (χ0n) is 9.39. The van der Waals surface area contributed by atoms with Gasteiger partial charge >= 0.3 is 0 Å². The Kier molecular flexibility index (Phi) is 2.50. The van der Waals surface area contributed by atoms with Gasteiger partial charge in [0.25, 0.3) is 5.78 Å². The van der Waals surface area contributed by atoms with E-state index in [-0.39, 0.29) is 5.56 Å². The maximum Gasteiger partial charge on any atom is 0.271 e. The van der Waals surface area contributed by atoms with Crippen LogP contribution in [0.1, 0.15) is 28.4 Å². The van der Waals surface area contributed by atoms with Gasteiger partial charge in [0.05, 0.1) is 11.1 Å². The molecule has 6 nitrogen and oxygen atoms in total. The van der Waals surface area contributed by atoms with Crippen LogP contribution in [0.4, 0.5) is 0 Å². The quantitative estimate of drug-likeness (QED) is 0.440. The van der Waals surface area contributed by atoms with E-state index in [4.69, 9.17) is 0 Å². The summed E-state index contributed by atoms with van der Waals surface area (Å²) in [5.74, 6) is -5.48. The predicted molar refractivity (Wildman–Crippen MR) is 60.7 cm³/mol. The third-order valence-electron chi connectivity index (χ3n) is 2.85. The topological polar surface area (TPSA) is 115 Å². The average Bonchev–Trinajstić information content (AvgIpc) is 2.35. The molecule has 0 radical (unpaired) electrons. The summed E-state index contributed by atoms with van der Waals surface area (Å²) in [6.45, 7) is 1.68. The van der Waals surface area contributed by atoms with Crippen molar-refractivity contribution in [2.75, 3.05) is 0 Å². The number of phenols is 2. The first kappa shape index (κ1) is 12.0. The van der Waals surface area contributed by atoms with Crippen molar-refractivity contribution in [3.8, 4) is 11.5 Å². The number of carbonyl (C=O) groups excluding carboxylic acids is 2. The number of ketones is 2. The highest BCUT2D eigenvalue weighted by atomic mass is 16.3.